The number of nitrogens with one attached hydrogen (secondary N) is 1. The molecular weight excluding hydrogens is 306 g/mol. The van der Waals surface area contributed by atoms with E-state index in [0.29, 0.717) is 16.3 Å². The number of primary amides is 1. The van der Waals surface area contributed by atoms with Gasteiger partial charge < -0.3 is 20.7 Å². The Labute approximate surface area is 135 Å². The van der Waals surface area contributed by atoms with Crippen molar-refractivity contribution in [3.63, 3.8) is 0 Å². The van der Waals surface area contributed by atoms with Crippen LogP contribution in [-0.2, 0) is 4.74 Å². The summed E-state index contributed by atoms with van der Waals surface area (Å²) in [5.41, 5.74) is 5.85. The summed E-state index contributed by atoms with van der Waals surface area (Å²) in [6.07, 6.45) is -1.54. The van der Waals surface area contributed by atoms with Crippen molar-refractivity contribution in [3.8, 4) is 0 Å². The van der Waals surface area contributed by atoms with E-state index in [1.54, 1.807) is 32.3 Å². The average Bonchev–Trinajstić information content (AvgIpc) is 2.36. The van der Waals surface area contributed by atoms with Crippen LogP contribution in [0, 0.1) is 5.41 Å². The molecular formula is C15H22ClN3O3. The Kier molecular flexibility index (Phi) is 5.65. The Hall–Kier alpha value is -1.95. The van der Waals surface area contributed by atoms with Crippen molar-refractivity contribution in [2.75, 3.05) is 19.4 Å². The highest BCUT2D eigenvalue weighted by molar-refractivity contribution is 6.30. The molecule has 3 N–H and O–H groups in total. The molecule has 1 atom stereocenters. The van der Waals surface area contributed by atoms with Crippen LogP contribution in [0.3, 0.4) is 0 Å². The number of nitrogens with two attached hydrogens (primary N) is 1. The zero-order valence-electron chi connectivity index (χ0n) is 13.4. The number of hydrogen-bond donors (Lipinski definition) is 2. The molecule has 1 aromatic rings. The minimum Gasteiger partial charge on any atom is -0.441 e. The fourth-order valence-corrected chi connectivity index (χ4v) is 2.09. The van der Waals surface area contributed by atoms with Gasteiger partial charge in [-0.05, 0) is 18.2 Å². The molecule has 0 saturated heterocycles. The number of carbonyl (C=O) groups excluding carboxylic acids is 2. The molecule has 22 heavy (non-hydrogen) atoms. The number of nitrogens with zero attached hydrogens (tertiary/aromatic N) is 1. The Bertz CT molecular complexity index is 568. The third-order valence-electron chi connectivity index (χ3n) is 2.96. The molecule has 0 radical (unpaired) electrons. The molecule has 122 valence electrons. The van der Waals surface area contributed by atoms with Crippen molar-refractivity contribution in [3.05, 3.63) is 28.8 Å². The van der Waals surface area contributed by atoms with Gasteiger partial charge in [0.25, 0.3) is 0 Å². The molecule has 0 fully saturated rings. The minimum atomic E-state index is -0.884. The maximum absolute atomic E-state index is 11.9. The maximum atomic E-state index is 11.9. The summed E-state index contributed by atoms with van der Waals surface area (Å²) in [6, 6.07) is 4.68. The van der Waals surface area contributed by atoms with Crippen LogP contribution in [0.25, 0.3) is 0 Å². The van der Waals surface area contributed by atoms with Crippen molar-refractivity contribution in [2.24, 2.45) is 11.1 Å². The van der Waals surface area contributed by atoms with Gasteiger partial charge in [0.1, 0.15) is 6.10 Å². The lowest BCUT2D eigenvalue weighted by atomic mass is 9.84. The van der Waals surface area contributed by atoms with Crippen LogP contribution < -0.4 is 11.1 Å². The fraction of sp³-hybridized carbons (Fsp3) is 0.467. The third kappa shape index (κ3) is 4.80. The largest absolute Gasteiger partial charge is 0.441 e. The van der Waals surface area contributed by atoms with E-state index in [0.717, 1.165) is 0 Å². The predicted molar refractivity (Wildman–Crippen MR) is 87.0 cm³/mol. The van der Waals surface area contributed by atoms with E-state index >= 15 is 0 Å². The van der Waals surface area contributed by atoms with Crippen LogP contribution in [0.5, 0.6) is 0 Å². The van der Waals surface area contributed by atoms with Gasteiger partial charge in [0.2, 0.25) is 0 Å². The Balaban J connectivity index is 3.31. The first kappa shape index (κ1) is 18.1. The quantitative estimate of drug-likeness (QED) is 0.889. The Morgan fingerprint density at radius 3 is 2.36 bits per heavy atom. The van der Waals surface area contributed by atoms with Crippen molar-refractivity contribution in [2.45, 2.75) is 26.9 Å². The van der Waals surface area contributed by atoms with Crippen LogP contribution in [0.2, 0.25) is 5.02 Å². The van der Waals surface area contributed by atoms with Gasteiger partial charge in [0.15, 0.2) is 0 Å². The summed E-state index contributed by atoms with van der Waals surface area (Å²) >= 11 is 6.05. The van der Waals surface area contributed by atoms with Crippen LogP contribution in [-0.4, -0.2) is 31.1 Å². The maximum Gasteiger partial charge on any atom is 0.405 e. The number of carbonyl (C=O) groups is 2. The zero-order chi connectivity index (χ0) is 17.1. The first-order valence-corrected chi connectivity index (χ1v) is 7.14. The summed E-state index contributed by atoms with van der Waals surface area (Å²) in [4.78, 5) is 24.5. The SMILES string of the molecule is CN(C)C(=O)Nc1ccc(Cl)cc1C(OC(N)=O)C(C)(C)C. The molecule has 0 aliphatic carbocycles. The number of benzene rings is 1. The highest BCUT2D eigenvalue weighted by atomic mass is 35.5. The molecule has 0 bridgehead atoms. The van der Waals surface area contributed by atoms with Gasteiger partial charge in [-0.25, -0.2) is 9.59 Å². The second kappa shape index (κ2) is 6.87. The number of rotatable bonds is 3. The smallest absolute Gasteiger partial charge is 0.405 e. The standard InChI is InChI=1S/C15H22ClN3O3/c1-15(2,3)12(22-13(17)20)10-8-9(16)6-7-11(10)18-14(21)19(4)5/h6-8,12H,1-5H3,(H2,17,20)(H,18,21). The molecule has 0 spiro atoms. The zero-order valence-corrected chi connectivity index (χ0v) is 14.2. The number of amides is 3. The Morgan fingerprint density at radius 1 is 1.32 bits per heavy atom. The average molecular weight is 328 g/mol. The highest BCUT2D eigenvalue weighted by Gasteiger charge is 2.32. The summed E-state index contributed by atoms with van der Waals surface area (Å²) in [5.74, 6) is 0. The van der Waals surface area contributed by atoms with Crippen molar-refractivity contribution in [1.82, 2.24) is 4.90 Å². The molecule has 0 aromatic heterocycles. The molecule has 3 amide bonds. The second-order valence-electron chi connectivity index (χ2n) is 6.24. The number of anilines is 1. The topological polar surface area (TPSA) is 84.7 Å². The lowest BCUT2D eigenvalue weighted by Gasteiger charge is -2.31. The number of halogens is 1. The van der Waals surface area contributed by atoms with E-state index in [2.05, 4.69) is 5.32 Å². The molecule has 1 rings (SSSR count). The van der Waals surface area contributed by atoms with Crippen LogP contribution in [0.15, 0.2) is 18.2 Å². The molecule has 0 aliphatic rings. The first-order chi connectivity index (χ1) is 10.0. The molecule has 1 unspecified atom stereocenters. The Morgan fingerprint density at radius 2 is 1.91 bits per heavy atom. The van der Waals surface area contributed by atoms with E-state index in [4.69, 9.17) is 22.1 Å². The van der Waals surface area contributed by atoms with Crippen molar-refractivity contribution < 1.29 is 14.3 Å². The molecule has 0 aliphatic heterocycles. The predicted octanol–water partition coefficient (Wildman–Crippen LogP) is 3.62. The molecule has 0 heterocycles. The molecule has 6 nitrogen and oxygen atoms in total. The summed E-state index contributed by atoms with van der Waals surface area (Å²) in [5, 5.41) is 3.23. The van der Waals surface area contributed by atoms with Gasteiger partial charge in [-0.15, -0.1) is 0 Å². The van der Waals surface area contributed by atoms with E-state index in [1.807, 2.05) is 20.8 Å². The molecule has 7 heteroatoms. The van der Waals surface area contributed by atoms with E-state index in [9.17, 15) is 9.59 Å². The summed E-state index contributed by atoms with van der Waals surface area (Å²) in [7, 11) is 3.26. The fourth-order valence-electron chi connectivity index (χ4n) is 1.91. The number of ether oxygens (including phenoxy) is 1. The van der Waals surface area contributed by atoms with Gasteiger partial charge in [-0.1, -0.05) is 32.4 Å². The van der Waals surface area contributed by atoms with Gasteiger partial charge in [0.05, 0.1) is 0 Å². The van der Waals surface area contributed by atoms with Crippen molar-refractivity contribution in [1.29, 1.82) is 0 Å². The van der Waals surface area contributed by atoms with E-state index < -0.39 is 17.6 Å². The van der Waals surface area contributed by atoms with E-state index in [-0.39, 0.29) is 6.03 Å². The van der Waals surface area contributed by atoms with E-state index in [1.165, 1.54) is 4.90 Å². The van der Waals surface area contributed by atoms with Crippen LogP contribution in [0.4, 0.5) is 15.3 Å². The third-order valence-corrected chi connectivity index (χ3v) is 3.20. The molecule has 0 saturated carbocycles. The summed E-state index contributed by atoms with van der Waals surface area (Å²) in [6.45, 7) is 5.71. The first-order valence-electron chi connectivity index (χ1n) is 6.76. The minimum absolute atomic E-state index is 0.296. The number of urea groups is 1. The lowest BCUT2D eigenvalue weighted by Crippen LogP contribution is -2.30. The van der Waals surface area contributed by atoms with Gasteiger partial charge in [-0.3, -0.25) is 0 Å². The summed E-state index contributed by atoms with van der Waals surface area (Å²) < 4.78 is 5.25. The van der Waals surface area contributed by atoms with Crippen LogP contribution in [0.1, 0.15) is 32.4 Å². The second-order valence-corrected chi connectivity index (χ2v) is 6.68. The normalized spacial score (nSPS) is 12.5. The van der Waals surface area contributed by atoms with Gasteiger partial charge in [0, 0.05) is 35.8 Å². The van der Waals surface area contributed by atoms with Gasteiger partial charge in [-0.2, -0.15) is 0 Å². The molecule has 1 aromatic carbocycles. The van der Waals surface area contributed by atoms with Crippen LogP contribution >= 0.6 is 11.6 Å². The lowest BCUT2D eigenvalue weighted by molar-refractivity contribution is 0.0364. The van der Waals surface area contributed by atoms with Crippen molar-refractivity contribution >= 4 is 29.4 Å². The number of hydrogen-bond acceptors (Lipinski definition) is 3. The highest BCUT2D eigenvalue weighted by Crippen LogP contribution is 2.40. The van der Waals surface area contributed by atoms with Gasteiger partial charge >= 0.3 is 12.1 Å². The monoisotopic (exact) mass is 327 g/mol.